The molecule has 2 amide bonds. The van der Waals surface area contributed by atoms with Crippen molar-refractivity contribution >= 4 is 46.3 Å². The summed E-state index contributed by atoms with van der Waals surface area (Å²) in [4.78, 5) is 26.4. The molecule has 0 atom stereocenters. The molecule has 1 N–H and O–H groups in total. The van der Waals surface area contributed by atoms with Gasteiger partial charge < -0.3 is 19.7 Å². The molecule has 0 saturated carbocycles. The second-order valence-corrected chi connectivity index (χ2v) is 7.22. The van der Waals surface area contributed by atoms with Crippen LogP contribution in [0.1, 0.15) is 5.56 Å². The Morgan fingerprint density at radius 3 is 2.50 bits per heavy atom. The molecule has 0 unspecified atom stereocenters. The number of carbonyl (C=O) groups excluding carboxylic acids is 2. The van der Waals surface area contributed by atoms with E-state index in [4.69, 9.17) is 21.1 Å². The number of halogens is 1. The van der Waals surface area contributed by atoms with Crippen molar-refractivity contribution in [1.29, 1.82) is 0 Å². The van der Waals surface area contributed by atoms with Gasteiger partial charge in [0.15, 0.2) is 11.5 Å². The highest BCUT2D eigenvalue weighted by atomic mass is 35.5. The van der Waals surface area contributed by atoms with Crippen molar-refractivity contribution in [3.8, 4) is 11.5 Å². The Morgan fingerprint density at radius 1 is 1.14 bits per heavy atom. The number of anilines is 1. The van der Waals surface area contributed by atoms with Crippen LogP contribution < -0.4 is 14.8 Å². The molecule has 0 aliphatic rings. The number of hydrogen-bond acceptors (Lipinski definition) is 5. The summed E-state index contributed by atoms with van der Waals surface area (Å²) in [5, 5.41) is 3.04. The molecule has 2 rings (SSSR count). The third kappa shape index (κ3) is 5.68. The van der Waals surface area contributed by atoms with E-state index in [1.807, 2.05) is 6.07 Å². The zero-order valence-electron chi connectivity index (χ0n) is 16.0. The van der Waals surface area contributed by atoms with Gasteiger partial charge in [-0.2, -0.15) is 0 Å². The Morgan fingerprint density at radius 2 is 1.86 bits per heavy atom. The molecule has 6 nitrogen and oxygen atoms in total. The van der Waals surface area contributed by atoms with Gasteiger partial charge in [-0.05, 0) is 47.7 Å². The van der Waals surface area contributed by atoms with E-state index in [9.17, 15) is 9.59 Å². The number of nitrogens with one attached hydrogen (secondary N) is 1. The monoisotopic (exact) mass is 420 g/mol. The molecular formula is C20H21ClN2O4S. The molecule has 0 aromatic heterocycles. The Balaban J connectivity index is 2.15. The number of thioether (sulfide) groups is 1. The van der Waals surface area contributed by atoms with Crippen LogP contribution in [0, 0.1) is 0 Å². The van der Waals surface area contributed by atoms with E-state index in [0.29, 0.717) is 32.7 Å². The van der Waals surface area contributed by atoms with Gasteiger partial charge in [-0.25, -0.2) is 0 Å². The highest BCUT2D eigenvalue weighted by Gasteiger charge is 2.12. The van der Waals surface area contributed by atoms with Gasteiger partial charge in [-0.1, -0.05) is 23.7 Å². The number of nitrogens with zero attached hydrogens (tertiary/aromatic N) is 1. The van der Waals surface area contributed by atoms with Crippen LogP contribution in [0.4, 0.5) is 10.5 Å². The molecule has 8 heteroatoms. The lowest BCUT2D eigenvalue weighted by molar-refractivity contribution is -0.111. The molecule has 0 fully saturated rings. The van der Waals surface area contributed by atoms with E-state index in [0.717, 1.165) is 11.8 Å². The molecule has 28 heavy (non-hydrogen) atoms. The minimum absolute atomic E-state index is 0.128. The molecule has 148 valence electrons. The Kier molecular flexibility index (Phi) is 7.78. The third-order valence-corrected chi connectivity index (χ3v) is 4.99. The van der Waals surface area contributed by atoms with Crippen LogP contribution >= 0.6 is 23.4 Å². The highest BCUT2D eigenvalue weighted by molar-refractivity contribution is 8.13. The predicted molar refractivity (Wildman–Crippen MR) is 114 cm³/mol. The maximum absolute atomic E-state index is 12.3. The fourth-order valence-corrected chi connectivity index (χ4v) is 3.27. The fraction of sp³-hybridized carbons (Fsp3) is 0.200. The summed E-state index contributed by atoms with van der Waals surface area (Å²) >= 11 is 7.22. The largest absolute Gasteiger partial charge is 0.493 e. The average molecular weight is 421 g/mol. The maximum Gasteiger partial charge on any atom is 0.286 e. The van der Waals surface area contributed by atoms with Crippen molar-refractivity contribution in [2.24, 2.45) is 0 Å². The molecule has 2 aromatic rings. The second kappa shape index (κ2) is 10.1. The van der Waals surface area contributed by atoms with Crippen LogP contribution in [0.25, 0.3) is 6.08 Å². The van der Waals surface area contributed by atoms with Gasteiger partial charge in [0.1, 0.15) is 0 Å². The first-order chi connectivity index (χ1) is 13.3. The number of carbonyl (C=O) groups is 2. The molecule has 0 heterocycles. The van der Waals surface area contributed by atoms with Crippen LogP contribution in [0.3, 0.4) is 0 Å². The van der Waals surface area contributed by atoms with Crippen molar-refractivity contribution in [3.05, 3.63) is 53.1 Å². The number of rotatable bonds is 6. The van der Waals surface area contributed by atoms with Crippen molar-refractivity contribution < 1.29 is 19.1 Å². The summed E-state index contributed by atoms with van der Waals surface area (Å²) in [6, 6.07) is 10.5. The number of ether oxygens (including phenoxy) is 2. The van der Waals surface area contributed by atoms with Gasteiger partial charge in [-0.3, -0.25) is 9.59 Å². The maximum atomic E-state index is 12.3. The summed E-state index contributed by atoms with van der Waals surface area (Å²) in [5.41, 5.74) is 1.24. The lowest BCUT2D eigenvalue weighted by Gasteiger charge is -2.12. The van der Waals surface area contributed by atoms with Crippen LogP contribution in [0.15, 0.2) is 47.4 Å². The van der Waals surface area contributed by atoms with E-state index < -0.39 is 0 Å². The minimum Gasteiger partial charge on any atom is -0.493 e. The average Bonchev–Trinajstić information content (AvgIpc) is 2.67. The van der Waals surface area contributed by atoms with Crippen LogP contribution in [-0.4, -0.2) is 44.4 Å². The summed E-state index contributed by atoms with van der Waals surface area (Å²) in [7, 11) is 6.36. The van der Waals surface area contributed by atoms with Crippen LogP contribution in [-0.2, 0) is 4.79 Å². The van der Waals surface area contributed by atoms with Crippen molar-refractivity contribution in [3.63, 3.8) is 0 Å². The van der Waals surface area contributed by atoms with E-state index in [-0.39, 0.29) is 11.1 Å². The summed E-state index contributed by atoms with van der Waals surface area (Å²) in [6.45, 7) is 0. The van der Waals surface area contributed by atoms with Crippen LogP contribution in [0.2, 0.25) is 5.02 Å². The van der Waals surface area contributed by atoms with Gasteiger partial charge in [0.25, 0.3) is 5.24 Å². The van der Waals surface area contributed by atoms with Gasteiger partial charge >= 0.3 is 0 Å². The number of hydrogen-bond donors (Lipinski definition) is 1. The third-order valence-electron chi connectivity index (χ3n) is 3.59. The summed E-state index contributed by atoms with van der Waals surface area (Å²) in [6.07, 6.45) is 3.00. The van der Waals surface area contributed by atoms with Gasteiger partial charge in [0.2, 0.25) is 5.91 Å². The second-order valence-electron chi connectivity index (χ2n) is 5.82. The first-order valence-electron chi connectivity index (χ1n) is 8.24. The smallest absolute Gasteiger partial charge is 0.286 e. The molecule has 0 spiro atoms. The van der Waals surface area contributed by atoms with Crippen molar-refractivity contribution in [1.82, 2.24) is 4.90 Å². The normalized spacial score (nSPS) is 10.6. The highest BCUT2D eigenvalue weighted by Crippen LogP contribution is 2.36. The number of para-hydroxylation sites is 1. The number of amides is 2. The molecule has 0 aliphatic carbocycles. The Hall–Kier alpha value is -2.64. The Bertz CT molecular complexity index is 900. The minimum atomic E-state index is -0.337. The van der Waals surface area contributed by atoms with E-state index in [1.54, 1.807) is 50.5 Å². The van der Waals surface area contributed by atoms with Crippen molar-refractivity contribution in [2.75, 3.05) is 33.6 Å². The number of methoxy groups -OCH3 is 2. The zero-order valence-corrected chi connectivity index (χ0v) is 17.6. The van der Waals surface area contributed by atoms with E-state index >= 15 is 0 Å². The molecule has 0 saturated heterocycles. The topological polar surface area (TPSA) is 67.9 Å². The molecule has 2 aromatic carbocycles. The standard InChI is InChI=1S/C20H21ClN2O4S/c1-23(2)20(25)28-17-8-6-5-7-15(17)22-18(24)10-9-13-11-14(21)19(27-4)16(12-13)26-3/h5-12H,1-4H3,(H,22,24)/b10-9+. The van der Waals surface area contributed by atoms with E-state index in [2.05, 4.69) is 5.32 Å². The van der Waals surface area contributed by atoms with Crippen LogP contribution in [0.5, 0.6) is 11.5 Å². The summed E-state index contributed by atoms with van der Waals surface area (Å²) in [5.74, 6) is 0.567. The molecule has 0 radical (unpaired) electrons. The first kappa shape index (κ1) is 21.7. The lowest BCUT2D eigenvalue weighted by Crippen LogP contribution is -2.16. The lowest BCUT2D eigenvalue weighted by atomic mass is 10.2. The van der Waals surface area contributed by atoms with Crippen molar-refractivity contribution in [2.45, 2.75) is 4.90 Å². The SMILES string of the molecule is COc1cc(/C=C/C(=O)Nc2ccccc2SC(=O)N(C)C)cc(Cl)c1OC. The van der Waals surface area contributed by atoms with Gasteiger partial charge in [-0.15, -0.1) is 0 Å². The van der Waals surface area contributed by atoms with Gasteiger partial charge in [0.05, 0.1) is 24.9 Å². The zero-order chi connectivity index (χ0) is 20.7. The Labute approximate surface area is 173 Å². The molecular weight excluding hydrogens is 400 g/mol. The predicted octanol–water partition coefficient (Wildman–Crippen LogP) is 4.78. The van der Waals surface area contributed by atoms with E-state index in [1.165, 1.54) is 25.2 Å². The first-order valence-corrected chi connectivity index (χ1v) is 9.44. The summed E-state index contributed by atoms with van der Waals surface area (Å²) < 4.78 is 10.4. The number of benzene rings is 2. The fourth-order valence-electron chi connectivity index (χ4n) is 2.22. The molecule has 0 bridgehead atoms. The molecule has 0 aliphatic heterocycles. The quantitative estimate of drug-likeness (QED) is 0.538. The van der Waals surface area contributed by atoms with Gasteiger partial charge in [0, 0.05) is 25.1 Å².